The minimum atomic E-state index is -0.744. The van der Waals surface area contributed by atoms with E-state index in [0.29, 0.717) is 6.42 Å². The summed E-state index contributed by atoms with van der Waals surface area (Å²) in [5.74, 6) is -1.06. The summed E-state index contributed by atoms with van der Waals surface area (Å²) >= 11 is 0. The van der Waals surface area contributed by atoms with Gasteiger partial charge in [0.05, 0.1) is 6.26 Å². The van der Waals surface area contributed by atoms with Crippen molar-refractivity contribution in [3.05, 3.63) is 12.3 Å². The zero-order valence-corrected chi connectivity index (χ0v) is 6.09. The molecule has 3 heteroatoms. The highest BCUT2D eigenvalue weighted by Crippen LogP contribution is 2.23. The summed E-state index contributed by atoms with van der Waals surface area (Å²) < 4.78 is 9.90. The molecule has 0 aromatic rings. The standard InChI is InChI=1S/C7H10O3/c1-6(8)10-7(2)4-3-5-9-7/h3,5H,4H2,1-2H3. The van der Waals surface area contributed by atoms with Gasteiger partial charge in [0.15, 0.2) is 0 Å². The normalized spacial score (nSPS) is 29.8. The summed E-state index contributed by atoms with van der Waals surface area (Å²) in [5, 5.41) is 0. The Kier molecular flexibility index (Phi) is 1.66. The molecule has 0 saturated heterocycles. The second-order valence-electron chi connectivity index (χ2n) is 2.42. The minimum Gasteiger partial charge on any atom is -0.460 e. The van der Waals surface area contributed by atoms with Gasteiger partial charge >= 0.3 is 5.97 Å². The molecule has 1 aliphatic rings. The fraction of sp³-hybridized carbons (Fsp3) is 0.571. The number of hydrogen-bond donors (Lipinski definition) is 0. The Balaban J connectivity index is 2.46. The van der Waals surface area contributed by atoms with Crippen LogP contribution in [0.3, 0.4) is 0 Å². The molecule has 1 heterocycles. The minimum absolute atomic E-state index is 0.314. The quantitative estimate of drug-likeness (QED) is 0.516. The number of carbonyl (C=O) groups excluding carboxylic acids is 1. The largest absolute Gasteiger partial charge is 0.460 e. The highest BCUT2D eigenvalue weighted by Gasteiger charge is 2.30. The Morgan fingerprint density at radius 2 is 2.50 bits per heavy atom. The van der Waals surface area contributed by atoms with Crippen LogP contribution in [-0.2, 0) is 14.3 Å². The van der Waals surface area contributed by atoms with E-state index >= 15 is 0 Å². The molecule has 1 atom stereocenters. The monoisotopic (exact) mass is 142 g/mol. The zero-order valence-electron chi connectivity index (χ0n) is 6.09. The van der Waals surface area contributed by atoms with Crippen molar-refractivity contribution in [2.75, 3.05) is 0 Å². The first-order valence-electron chi connectivity index (χ1n) is 3.15. The maximum absolute atomic E-state index is 10.5. The summed E-state index contributed by atoms with van der Waals surface area (Å²) in [6.07, 6.45) is 4.00. The topological polar surface area (TPSA) is 35.5 Å². The Hall–Kier alpha value is -0.990. The molecule has 0 bridgehead atoms. The number of hydrogen-bond acceptors (Lipinski definition) is 3. The molecule has 0 aromatic carbocycles. The smallest absolute Gasteiger partial charge is 0.305 e. The van der Waals surface area contributed by atoms with Gasteiger partial charge < -0.3 is 9.47 Å². The Labute approximate surface area is 59.6 Å². The molecule has 0 spiro atoms. The molecule has 0 aromatic heterocycles. The lowest BCUT2D eigenvalue weighted by molar-refractivity contribution is -0.194. The fourth-order valence-corrected chi connectivity index (χ4v) is 0.872. The first-order chi connectivity index (χ1) is 4.62. The molecule has 0 fully saturated rings. The van der Waals surface area contributed by atoms with Crippen LogP contribution in [0.5, 0.6) is 0 Å². The third-order valence-corrected chi connectivity index (χ3v) is 1.26. The first-order valence-corrected chi connectivity index (χ1v) is 3.15. The Morgan fingerprint density at radius 1 is 1.80 bits per heavy atom. The van der Waals surface area contributed by atoms with Gasteiger partial charge in [0.1, 0.15) is 0 Å². The molecule has 0 radical (unpaired) electrons. The van der Waals surface area contributed by atoms with E-state index in [1.165, 1.54) is 6.92 Å². The first kappa shape index (κ1) is 7.12. The van der Waals surface area contributed by atoms with E-state index in [-0.39, 0.29) is 5.97 Å². The fourth-order valence-electron chi connectivity index (χ4n) is 0.872. The van der Waals surface area contributed by atoms with Gasteiger partial charge in [-0.15, -0.1) is 0 Å². The Bertz CT molecular complexity index is 164. The molecule has 1 aliphatic heterocycles. The molecule has 56 valence electrons. The lowest BCUT2D eigenvalue weighted by Crippen LogP contribution is -2.29. The van der Waals surface area contributed by atoms with E-state index < -0.39 is 5.79 Å². The van der Waals surface area contributed by atoms with E-state index in [2.05, 4.69) is 0 Å². The Morgan fingerprint density at radius 3 is 2.90 bits per heavy atom. The van der Waals surface area contributed by atoms with Gasteiger partial charge in [-0.3, -0.25) is 4.79 Å². The van der Waals surface area contributed by atoms with Crippen LogP contribution in [0, 0.1) is 0 Å². The van der Waals surface area contributed by atoms with Crippen LogP contribution in [-0.4, -0.2) is 11.8 Å². The predicted molar refractivity (Wildman–Crippen MR) is 35.0 cm³/mol. The number of ether oxygens (including phenoxy) is 2. The lowest BCUT2D eigenvalue weighted by atomic mass is 10.2. The van der Waals surface area contributed by atoms with Crippen molar-refractivity contribution in [3.8, 4) is 0 Å². The summed E-state index contributed by atoms with van der Waals surface area (Å²) in [5.41, 5.74) is 0. The highest BCUT2D eigenvalue weighted by molar-refractivity contribution is 5.66. The van der Waals surface area contributed by atoms with Gasteiger partial charge in [0, 0.05) is 20.3 Å². The molecule has 10 heavy (non-hydrogen) atoms. The van der Waals surface area contributed by atoms with Crippen molar-refractivity contribution < 1.29 is 14.3 Å². The van der Waals surface area contributed by atoms with Crippen LogP contribution in [0.25, 0.3) is 0 Å². The van der Waals surface area contributed by atoms with Gasteiger partial charge in [-0.2, -0.15) is 0 Å². The van der Waals surface area contributed by atoms with Crippen molar-refractivity contribution >= 4 is 5.97 Å². The van der Waals surface area contributed by atoms with Crippen LogP contribution in [0.2, 0.25) is 0 Å². The molecule has 1 unspecified atom stereocenters. The van der Waals surface area contributed by atoms with Crippen LogP contribution in [0.15, 0.2) is 12.3 Å². The van der Waals surface area contributed by atoms with Gasteiger partial charge in [-0.05, 0) is 6.08 Å². The van der Waals surface area contributed by atoms with Crippen LogP contribution >= 0.6 is 0 Å². The SMILES string of the molecule is CC(=O)OC1(C)CC=CO1. The van der Waals surface area contributed by atoms with Crippen LogP contribution in [0.1, 0.15) is 20.3 Å². The second-order valence-corrected chi connectivity index (χ2v) is 2.42. The lowest BCUT2D eigenvalue weighted by Gasteiger charge is -2.22. The van der Waals surface area contributed by atoms with Gasteiger partial charge in [-0.25, -0.2) is 0 Å². The molecule has 1 rings (SSSR count). The highest BCUT2D eigenvalue weighted by atomic mass is 16.7. The van der Waals surface area contributed by atoms with Crippen molar-refractivity contribution in [1.29, 1.82) is 0 Å². The molecule has 0 saturated carbocycles. The second kappa shape index (κ2) is 2.33. The van der Waals surface area contributed by atoms with Crippen molar-refractivity contribution in [3.63, 3.8) is 0 Å². The maximum atomic E-state index is 10.5. The van der Waals surface area contributed by atoms with E-state index in [1.807, 2.05) is 6.08 Å². The third kappa shape index (κ3) is 1.50. The van der Waals surface area contributed by atoms with E-state index in [1.54, 1.807) is 13.2 Å². The maximum Gasteiger partial charge on any atom is 0.305 e. The zero-order chi connectivity index (χ0) is 7.61. The number of rotatable bonds is 1. The van der Waals surface area contributed by atoms with Crippen LogP contribution < -0.4 is 0 Å². The molecule has 3 nitrogen and oxygen atoms in total. The van der Waals surface area contributed by atoms with Gasteiger partial charge in [-0.1, -0.05) is 0 Å². The van der Waals surface area contributed by atoms with Crippen LogP contribution in [0.4, 0.5) is 0 Å². The number of carbonyl (C=O) groups is 1. The van der Waals surface area contributed by atoms with E-state index in [0.717, 1.165) is 0 Å². The van der Waals surface area contributed by atoms with Crippen molar-refractivity contribution in [2.24, 2.45) is 0 Å². The van der Waals surface area contributed by atoms with Gasteiger partial charge in [0.2, 0.25) is 0 Å². The molecule has 0 aliphatic carbocycles. The summed E-state index contributed by atoms with van der Waals surface area (Å²) in [4.78, 5) is 10.5. The van der Waals surface area contributed by atoms with E-state index in [9.17, 15) is 4.79 Å². The summed E-state index contributed by atoms with van der Waals surface area (Å²) in [7, 11) is 0. The van der Waals surface area contributed by atoms with Crippen molar-refractivity contribution in [1.82, 2.24) is 0 Å². The average Bonchev–Trinajstić information content (AvgIpc) is 2.12. The van der Waals surface area contributed by atoms with Crippen molar-refractivity contribution in [2.45, 2.75) is 26.1 Å². The van der Waals surface area contributed by atoms with Gasteiger partial charge in [0.25, 0.3) is 5.79 Å². The average molecular weight is 142 g/mol. The molecular weight excluding hydrogens is 132 g/mol. The van der Waals surface area contributed by atoms with E-state index in [4.69, 9.17) is 9.47 Å². The summed E-state index contributed by atoms with van der Waals surface area (Å²) in [6, 6.07) is 0. The molecule has 0 amide bonds. The molecular formula is C7H10O3. The predicted octanol–water partition coefficient (Wildman–Crippen LogP) is 1.20. The summed E-state index contributed by atoms with van der Waals surface area (Å²) in [6.45, 7) is 3.10. The molecule has 0 N–H and O–H groups in total. The third-order valence-electron chi connectivity index (χ3n) is 1.26. The number of esters is 1.